The molecule has 0 saturated heterocycles. The molecular weight excluding hydrogens is 537 g/mol. The van der Waals surface area contributed by atoms with Crippen LogP contribution in [0.15, 0.2) is 36.9 Å². The van der Waals surface area contributed by atoms with Crippen molar-refractivity contribution in [2.45, 2.75) is 58.9 Å². The monoisotopic (exact) mass is 567 g/mol. The highest BCUT2D eigenvalue weighted by Crippen LogP contribution is 2.40. The molecule has 0 aliphatic rings. The molecule has 2 aromatic heterocycles. The van der Waals surface area contributed by atoms with E-state index in [2.05, 4.69) is 25.1 Å². The summed E-state index contributed by atoms with van der Waals surface area (Å²) in [7, 11) is -3.64. The molecule has 0 unspecified atom stereocenters. The first kappa shape index (κ1) is 28.9. The van der Waals surface area contributed by atoms with Gasteiger partial charge in [0.25, 0.3) is 7.44 Å². The summed E-state index contributed by atoms with van der Waals surface area (Å²) in [5.41, 5.74) is 6.22. The standard InChI is InChI=1S/C23H31ClN7O4PS/c1-14(2)35-22(32)23(4,5)30-36(33,29-21(37)16-6-8-17(24)9-7-16)13-34-15(3)10-31-12-28-18-19(25)26-11-27-20(18)31/h6-9,11-12,14-15H,10,13H2,1-5H3,(H2,25,26,27)(H2,29,30,33,37)/t15-,36-/m1/s1. The summed E-state index contributed by atoms with van der Waals surface area (Å²) < 4.78 is 27.2. The second-order valence-electron chi connectivity index (χ2n) is 9.31. The zero-order valence-electron chi connectivity index (χ0n) is 21.3. The molecule has 0 aliphatic heterocycles. The summed E-state index contributed by atoms with van der Waals surface area (Å²) in [5, 5.41) is 6.35. The summed E-state index contributed by atoms with van der Waals surface area (Å²) >= 11 is 11.5. The van der Waals surface area contributed by atoms with E-state index in [1.165, 1.54) is 6.33 Å². The Bertz CT molecular complexity index is 1320. The van der Waals surface area contributed by atoms with Gasteiger partial charge in [0.1, 0.15) is 28.7 Å². The van der Waals surface area contributed by atoms with Gasteiger partial charge in [-0.05, 0) is 46.8 Å². The lowest BCUT2D eigenvalue weighted by Crippen LogP contribution is -2.49. The number of nitrogens with one attached hydrogen (secondary N) is 2. The fraction of sp³-hybridized carbons (Fsp3) is 0.435. The SMILES string of the molecule is CC(C)OC(=O)C(C)(C)N[P@@](=O)(CO[C@H](C)Cn1cnc2c(N)ncnc21)NC(=S)c1ccc(Cl)cc1. The molecule has 1 aromatic carbocycles. The number of thiocarbonyl (C=S) groups is 1. The number of nitrogen functional groups attached to an aromatic ring is 1. The first-order valence-electron chi connectivity index (χ1n) is 11.5. The van der Waals surface area contributed by atoms with E-state index in [1.807, 2.05) is 6.92 Å². The molecule has 3 aromatic rings. The van der Waals surface area contributed by atoms with Gasteiger partial charge in [-0.15, -0.1) is 0 Å². The van der Waals surface area contributed by atoms with E-state index in [1.54, 1.807) is 62.9 Å². The third-order valence-corrected chi connectivity index (χ3v) is 7.88. The van der Waals surface area contributed by atoms with E-state index < -0.39 is 25.1 Å². The Kier molecular flexibility index (Phi) is 9.25. The van der Waals surface area contributed by atoms with Gasteiger partial charge < -0.3 is 24.9 Å². The lowest BCUT2D eigenvalue weighted by Gasteiger charge is -2.32. The molecule has 2 heterocycles. The van der Waals surface area contributed by atoms with E-state index in [9.17, 15) is 9.36 Å². The van der Waals surface area contributed by atoms with Gasteiger partial charge in [0.05, 0.1) is 25.1 Å². The number of carbonyl (C=O) groups excluding carboxylic acids is 1. The van der Waals surface area contributed by atoms with Gasteiger partial charge >= 0.3 is 5.97 Å². The minimum Gasteiger partial charge on any atom is -0.462 e. The number of nitrogens with zero attached hydrogens (tertiary/aromatic N) is 4. The zero-order chi connectivity index (χ0) is 27.4. The quantitative estimate of drug-likeness (QED) is 0.176. The Labute approximate surface area is 226 Å². The molecule has 2 atom stereocenters. The van der Waals surface area contributed by atoms with Crippen molar-refractivity contribution in [3.8, 4) is 0 Å². The van der Waals surface area contributed by atoms with Crippen LogP contribution in [0.25, 0.3) is 11.2 Å². The average Bonchev–Trinajstić information content (AvgIpc) is 3.21. The summed E-state index contributed by atoms with van der Waals surface area (Å²) in [6.07, 6.45) is 1.92. The van der Waals surface area contributed by atoms with Gasteiger partial charge in [-0.25, -0.2) is 20.0 Å². The van der Waals surface area contributed by atoms with Crippen LogP contribution in [-0.4, -0.2) is 54.6 Å². The Balaban J connectivity index is 1.77. The maximum absolute atomic E-state index is 14.1. The summed E-state index contributed by atoms with van der Waals surface area (Å²) in [5.74, 6) is -0.279. The van der Waals surface area contributed by atoms with Crippen LogP contribution >= 0.6 is 31.3 Å². The van der Waals surface area contributed by atoms with Gasteiger partial charge in [0, 0.05) is 10.6 Å². The van der Waals surface area contributed by atoms with E-state index in [4.69, 9.17) is 39.0 Å². The first-order valence-corrected chi connectivity index (χ1v) is 14.2. The number of ether oxygens (including phenoxy) is 2. The summed E-state index contributed by atoms with van der Waals surface area (Å²) in [6.45, 7) is 8.82. The summed E-state index contributed by atoms with van der Waals surface area (Å²) in [4.78, 5) is 25.3. The molecule has 0 amide bonds. The molecule has 4 N–H and O–H groups in total. The molecule has 0 aliphatic carbocycles. The van der Waals surface area contributed by atoms with E-state index in [0.717, 1.165) is 0 Å². The van der Waals surface area contributed by atoms with E-state index >= 15 is 0 Å². The maximum atomic E-state index is 14.1. The predicted molar refractivity (Wildman–Crippen MR) is 147 cm³/mol. The molecule has 200 valence electrons. The number of hydrogen-bond donors (Lipinski definition) is 3. The lowest BCUT2D eigenvalue weighted by atomic mass is 10.1. The maximum Gasteiger partial charge on any atom is 0.326 e. The Morgan fingerprint density at radius 2 is 1.89 bits per heavy atom. The molecule has 37 heavy (non-hydrogen) atoms. The minimum absolute atomic E-state index is 0.213. The fourth-order valence-electron chi connectivity index (χ4n) is 3.38. The highest BCUT2D eigenvalue weighted by Gasteiger charge is 2.38. The third-order valence-electron chi connectivity index (χ3n) is 5.13. The normalized spacial score (nSPS) is 14.4. The number of anilines is 1. The second kappa shape index (κ2) is 11.8. The van der Waals surface area contributed by atoms with Gasteiger partial charge in [-0.3, -0.25) is 9.36 Å². The number of fused-ring (bicyclic) bond motifs is 1. The van der Waals surface area contributed by atoms with Crippen molar-refractivity contribution in [1.82, 2.24) is 29.7 Å². The van der Waals surface area contributed by atoms with Crippen LogP contribution in [0.2, 0.25) is 5.02 Å². The van der Waals surface area contributed by atoms with Crippen LogP contribution in [0.4, 0.5) is 5.82 Å². The Morgan fingerprint density at radius 3 is 2.54 bits per heavy atom. The molecule has 0 fully saturated rings. The first-order chi connectivity index (χ1) is 17.3. The van der Waals surface area contributed by atoms with Crippen molar-refractivity contribution in [3.05, 3.63) is 47.5 Å². The highest BCUT2D eigenvalue weighted by atomic mass is 35.5. The number of halogens is 1. The van der Waals surface area contributed by atoms with Crippen molar-refractivity contribution in [2.75, 3.05) is 12.1 Å². The van der Waals surface area contributed by atoms with Crippen LogP contribution in [0.5, 0.6) is 0 Å². The average molecular weight is 568 g/mol. The number of aromatic nitrogens is 4. The minimum atomic E-state index is -3.64. The van der Waals surface area contributed by atoms with Crippen LogP contribution in [0, 0.1) is 0 Å². The lowest BCUT2D eigenvalue weighted by molar-refractivity contribution is -0.153. The number of carbonyl (C=O) groups is 1. The van der Waals surface area contributed by atoms with Crippen molar-refractivity contribution in [2.24, 2.45) is 0 Å². The Hall–Kier alpha value is -2.63. The zero-order valence-corrected chi connectivity index (χ0v) is 23.7. The van der Waals surface area contributed by atoms with Crippen LogP contribution in [0.3, 0.4) is 0 Å². The Morgan fingerprint density at radius 1 is 1.22 bits per heavy atom. The number of esters is 1. The van der Waals surface area contributed by atoms with Crippen molar-refractivity contribution in [1.29, 1.82) is 0 Å². The third kappa shape index (κ3) is 7.68. The number of rotatable bonds is 11. The predicted octanol–water partition coefficient (Wildman–Crippen LogP) is 3.90. The second-order valence-corrected chi connectivity index (χ2v) is 12.3. The smallest absolute Gasteiger partial charge is 0.326 e. The van der Waals surface area contributed by atoms with Crippen molar-refractivity contribution in [3.63, 3.8) is 0 Å². The van der Waals surface area contributed by atoms with Crippen molar-refractivity contribution < 1.29 is 18.8 Å². The molecule has 0 spiro atoms. The molecule has 3 rings (SSSR count). The fourth-order valence-corrected chi connectivity index (χ4v) is 6.18. The van der Waals surface area contributed by atoms with Gasteiger partial charge in [-0.1, -0.05) is 36.0 Å². The molecular formula is C23H31ClN7O4PS. The van der Waals surface area contributed by atoms with Gasteiger partial charge in [0.2, 0.25) is 0 Å². The highest BCUT2D eigenvalue weighted by molar-refractivity contribution is 7.81. The number of nitrogens with two attached hydrogens (primary N) is 1. The summed E-state index contributed by atoms with van der Waals surface area (Å²) in [6, 6.07) is 6.78. The van der Waals surface area contributed by atoms with E-state index in [-0.39, 0.29) is 23.3 Å². The van der Waals surface area contributed by atoms with Crippen molar-refractivity contribution >= 4 is 59.2 Å². The van der Waals surface area contributed by atoms with Gasteiger partial charge in [-0.2, -0.15) is 0 Å². The van der Waals surface area contributed by atoms with E-state index in [0.29, 0.717) is 28.3 Å². The molecule has 0 radical (unpaired) electrons. The van der Waals surface area contributed by atoms with Crippen LogP contribution < -0.4 is 15.9 Å². The molecule has 0 bridgehead atoms. The number of benzene rings is 1. The molecule has 11 nitrogen and oxygen atoms in total. The van der Waals surface area contributed by atoms with Crippen LogP contribution in [0.1, 0.15) is 40.2 Å². The number of hydrogen-bond acceptors (Lipinski definition) is 9. The molecule has 0 saturated carbocycles. The molecule has 14 heteroatoms. The largest absolute Gasteiger partial charge is 0.462 e. The topological polar surface area (TPSA) is 146 Å². The number of imidazole rings is 1. The van der Waals surface area contributed by atoms with Gasteiger partial charge in [0.15, 0.2) is 11.5 Å². The van der Waals surface area contributed by atoms with Crippen LogP contribution in [-0.2, 0) is 25.4 Å².